The largest absolute Gasteiger partial charge is 0.377 e. The minimum absolute atomic E-state index is 0.732. The lowest BCUT2D eigenvalue weighted by Crippen LogP contribution is -2.03. The number of hydrogen-bond donors (Lipinski definition) is 1. The molecule has 1 aliphatic heterocycles. The second-order valence-electron chi connectivity index (χ2n) is 3.69. The normalized spacial score (nSPS) is 16.7. The van der Waals surface area contributed by atoms with E-state index in [1.165, 1.54) is 11.1 Å². The summed E-state index contributed by atoms with van der Waals surface area (Å²) >= 11 is 0. The molecule has 0 bridgehead atoms. The topological polar surface area (TPSA) is 37.9 Å². The fraction of sp³-hybridized carbons (Fsp3) is 0.250. The summed E-state index contributed by atoms with van der Waals surface area (Å²) in [5.41, 5.74) is 4.76. The Kier molecular flexibility index (Phi) is 2.03. The number of ether oxygens (including phenoxy) is 1. The van der Waals surface area contributed by atoms with E-state index in [4.69, 9.17) is 4.74 Å². The second kappa shape index (κ2) is 3.51. The smallest absolute Gasteiger partial charge is 0.0931 e. The van der Waals surface area contributed by atoms with Crippen LogP contribution < -0.4 is 0 Å². The molecule has 1 aliphatic rings. The first-order chi connectivity index (χ1) is 7.43. The van der Waals surface area contributed by atoms with Gasteiger partial charge in [0.2, 0.25) is 0 Å². The van der Waals surface area contributed by atoms with Crippen LogP contribution in [0.3, 0.4) is 0 Å². The van der Waals surface area contributed by atoms with Crippen LogP contribution in [0.1, 0.15) is 12.0 Å². The molecule has 0 fully saturated rings. The van der Waals surface area contributed by atoms with Crippen molar-refractivity contribution in [2.24, 2.45) is 0 Å². The minimum Gasteiger partial charge on any atom is -0.377 e. The van der Waals surface area contributed by atoms with Crippen LogP contribution in [0.15, 0.2) is 30.6 Å². The first kappa shape index (κ1) is 8.68. The Hall–Kier alpha value is -1.61. The van der Waals surface area contributed by atoms with Crippen molar-refractivity contribution in [1.29, 1.82) is 0 Å². The lowest BCUT2D eigenvalue weighted by Gasteiger charge is -2.13. The molecule has 76 valence electrons. The lowest BCUT2D eigenvalue weighted by atomic mass is 10.0. The highest BCUT2D eigenvalue weighted by Crippen LogP contribution is 2.23. The summed E-state index contributed by atoms with van der Waals surface area (Å²) in [4.78, 5) is 7.33. The number of aromatic amines is 1. The van der Waals surface area contributed by atoms with E-state index in [0.29, 0.717) is 0 Å². The molecule has 0 amide bonds. The quantitative estimate of drug-likeness (QED) is 0.767. The SMILES string of the molecule is C1=C(c2ccc3nc[nH]c3c2)CCOC1. The predicted octanol–water partition coefficient (Wildman–Crippen LogP) is 2.37. The number of aromatic nitrogens is 2. The third-order valence-corrected chi connectivity index (χ3v) is 2.75. The van der Waals surface area contributed by atoms with Crippen LogP contribution in [0, 0.1) is 0 Å². The van der Waals surface area contributed by atoms with Crippen LogP contribution >= 0.6 is 0 Å². The highest BCUT2D eigenvalue weighted by molar-refractivity contribution is 5.80. The van der Waals surface area contributed by atoms with Crippen LogP contribution in [0.2, 0.25) is 0 Å². The fourth-order valence-corrected chi connectivity index (χ4v) is 1.92. The van der Waals surface area contributed by atoms with Crippen LogP contribution in [0.5, 0.6) is 0 Å². The minimum atomic E-state index is 0.732. The molecule has 15 heavy (non-hydrogen) atoms. The standard InChI is InChI=1S/C12H12N2O/c1-2-11-12(14-8-13-11)7-10(1)9-3-5-15-6-4-9/h1-3,7-8H,4-6H2,(H,13,14). The average Bonchev–Trinajstić information content (AvgIpc) is 2.77. The third kappa shape index (κ3) is 1.55. The van der Waals surface area contributed by atoms with Gasteiger partial charge in [0.15, 0.2) is 0 Å². The number of hydrogen-bond acceptors (Lipinski definition) is 2. The predicted molar refractivity (Wildman–Crippen MR) is 59.5 cm³/mol. The van der Waals surface area contributed by atoms with Crippen LogP contribution in [0.25, 0.3) is 16.6 Å². The van der Waals surface area contributed by atoms with Crippen molar-refractivity contribution in [1.82, 2.24) is 9.97 Å². The van der Waals surface area contributed by atoms with Crippen molar-refractivity contribution in [3.8, 4) is 0 Å². The van der Waals surface area contributed by atoms with Crippen molar-refractivity contribution in [3.05, 3.63) is 36.2 Å². The van der Waals surface area contributed by atoms with Gasteiger partial charge in [-0.3, -0.25) is 0 Å². The van der Waals surface area contributed by atoms with Crippen molar-refractivity contribution >= 4 is 16.6 Å². The summed E-state index contributed by atoms with van der Waals surface area (Å²) in [5.74, 6) is 0. The van der Waals surface area contributed by atoms with E-state index in [0.717, 1.165) is 30.7 Å². The molecular formula is C12H12N2O. The summed E-state index contributed by atoms with van der Waals surface area (Å²) in [6, 6.07) is 6.33. The second-order valence-corrected chi connectivity index (χ2v) is 3.69. The van der Waals surface area contributed by atoms with Gasteiger partial charge in [0, 0.05) is 0 Å². The molecule has 0 aliphatic carbocycles. The number of rotatable bonds is 1. The molecule has 3 heteroatoms. The van der Waals surface area contributed by atoms with Gasteiger partial charge in [-0.1, -0.05) is 12.1 Å². The Labute approximate surface area is 87.8 Å². The Morgan fingerprint density at radius 3 is 3.20 bits per heavy atom. The monoisotopic (exact) mass is 200 g/mol. The molecule has 0 radical (unpaired) electrons. The Morgan fingerprint density at radius 1 is 1.33 bits per heavy atom. The van der Waals surface area contributed by atoms with Gasteiger partial charge in [0.1, 0.15) is 0 Å². The lowest BCUT2D eigenvalue weighted by molar-refractivity contribution is 0.161. The maximum absolute atomic E-state index is 5.30. The van der Waals surface area contributed by atoms with Gasteiger partial charge < -0.3 is 9.72 Å². The van der Waals surface area contributed by atoms with Gasteiger partial charge in [-0.25, -0.2) is 4.98 Å². The molecular weight excluding hydrogens is 188 g/mol. The van der Waals surface area contributed by atoms with E-state index in [2.05, 4.69) is 34.2 Å². The highest BCUT2D eigenvalue weighted by atomic mass is 16.5. The third-order valence-electron chi connectivity index (χ3n) is 2.75. The van der Waals surface area contributed by atoms with Gasteiger partial charge in [-0.2, -0.15) is 0 Å². The maximum Gasteiger partial charge on any atom is 0.0931 e. The van der Waals surface area contributed by atoms with E-state index >= 15 is 0 Å². The van der Waals surface area contributed by atoms with Gasteiger partial charge in [-0.05, 0) is 29.7 Å². The van der Waals surface area contributed by atoms with Crippen molar-refractivity contribution in [2.75, 3.05) is 13.2 Å². The molecule has 0 unspecified atom stereocenters. The number of nitrogens with zero attached hydrogens (tertiary/aromatic N) is 1. The summed E-state index contributed by atoms with van der Waals surface area (Å²) in [6.45, 7) is 1.56. The molecule has 0 spiro atoms. The maximum atomic E-state index is 5.30. The highest BCUT2D eigenvalue weighted by Gasteiger charge is 2.07. The van der Waals surface area contributed by atoms with Crippen molar-refractivity contribution in [2.45, 2.75) is 6.42 Å². The zero-order chi connectivity index (χ0) is 10.1. The molecule has 2 heterocycles. The molecule has 3 rings (SSSR count). The van der Waals surface area contributed by atoms with Crippen molar-refractivity contribution < 1.29 is 4.74 Å². The fourth-order valence-electron chi connectivity index (χ4n) is 1.92. The first-order valence-electron chi connectivity index (χ1n) is 5.14. The molecule has 1 N–H and O–H groups in total. The van der Waals surface area contributed by atoms with Gasteiger partial charge in [-0.15, -0.1) is 0 Å². The first-order valence-corrected chi connectivity index (χ1v) is 5.14. The van der Waals surface area contributed by atoms with E-state index in [-0.39, 0.29) is 0 Å². The summed E-state index contributed by atoms with van der Waals surface area (Å²) in [7, 11) is 0. The molecule has 2 aromatic rings. The number of benzene rings is 1. The van der Waals surface area contributed by atoms with E-state index < -0.39 is 0 Å². The summed E-state index contributed by atoms with van der Waals surface area (Å²) in [5, 5.41) is 0. The Bertz CT molecular complexity index is 513. The molecule has 1 aromatic carbocycles. The number of imidazole rings is 1. The average molecular weight is 200 g/mol. The Balaban J connectivity index is 2.06. The van der Waals surface area contributed by atoms with E-state index in [1.807, 2.05) is 0 Å². The van der Waals surface area contributed by atoms with Gasteiger partial charge in [0.05, 0.1) is 30.6 Å². The van der Waals surface area contributed by atoms with Crippen molar-refractivity contribution in [3.63, 3.8) is 0 Å². The number of H-pyrrole nitrogens is 1. The van der Waals surface area contributed by atoms with Crippen LogP contribution in [-0.2, 0) is 4.74 Å². The van der Waals surface area contributed by atoms with Gasteiger partial charge in [0.25, 0.3) is 0 Å². The Morgan fingerprint density at radius 2 is 2.33 bits per heavy atom. The molecule has 0 atom stereocenters. The zero-order valence-corrected chi connectivity index (χ0v) is 8.36. The number of nitrogens with one attached hydrogen (secondary N) is 1. The van der Waals surface area contributed by atoms with Gasteiger partial charge >= 0.3 is 0 Å². The summed E-state index contributed by atoms with van der Waals surface area (Å²) < 4.78 is 5.30. The molecule has 0 saturated heterocycles. The van der Waals surface area contributed by atoms with E-state index in [9.17, 15) is 0 Å². The molecule has 3 nitrogen and oxygen atoms in total. The summed E-state index contributed by atoms with van der Waals surface area (Å²) in [6.07, 6.45) is 4.88. The molecule has 0 saturated carbocycles. The van der Waals surface area contributed by atoms with Crippen LogP contribution in [-0.4, -0.2) is 23.2 Å². The zero-order valence-electron chi connectivity index (χ0n) is 8.36. The molecule has 1 aromatic heterocycles. The van der Waals surface area contributed by atoms with E-state index in [1.54, 1.807) is 6.33 Å². The number of fused-ring (bicyclic) bond motifs is 1. The van der Waals surface area contributed by atoms with Crippen LogP contribution in [0.4, 0.5) is 0 Å².